The summed E-state index contributed by atoms with van der Waals surface area (Å²) in [5.74, 6) is 1.44. The number of aryl methyl sites for hydroxylation is 2. The standard InChI is InChI=1S/C28H29N5O4S/c1-28(2,3)37-21-13-11-19-16-22(14-12-18(19)15-21)38(35,36)31-25-17-20(7-6-10-26-29-32-33-30-26)27(34)24-9-5-4-8-23(24)25/h4-5,8-9,11-17,31,34H,6-7,10H2,1-3H3,(H,29,30,32,33). The molecule has 0 radical (unpaired) electrons. The van der Waals surface area contributed by atoms with Crippen LogP contribution in [0.3, 0.4) is 0 Å². The van der Waals surface area contributed by atoms with E-state index in [1.54, 1.807) is 36.4 Å². The highest BCUT2D eigenvalue weighted by Gasteiger charge is 2.19. The highest BCUT2D eigenvalue weighted by molar-refractivity contribution is 7.92. The Morgan fingerprint density at radius 3 is 2.42 bits per heavy atom. The maximum absolute atomic E-state index is 13.5. The summed E-state index contributed by atoms with van der Waals surface area (Å²) in [6.07, 6.45) is 1.74. The molecule has 0 atom stereocenters. The largest absolute Gasteiger partial charge is 0.507 e. The summed E-state index contributed by atoms with van der Waals surface area (Å²) >= 11 is 0. The molecule has 0 fully saturated rings. The molecule has 0 spiro atoms. The molecule has 0 saturated heterocycles. The van der Waals surface area contributed by atoms with E-state index in [0.29, 0.717) is 47.1 Å². The fourth-order valence-corrected chi connectivity index (χ4v) is 5.51. The van der Waals surface area contributed by atoms with Crippen LogP contribution in [0.2, 0.25) is 0 Å². The number of ether oxygens (including phenoxy) is 1. The number of tetrazole rings is 1. The van der Waals surface area contributed by atoms with E-state index in [0.717, 1.165) is 16.5 Å². The number of fused-ring (bicyclic) bond motifs is 2. The number of H-pyrrole nitrogens is 1. The normalized spacial score (nSPS) is 12.2. The monoisotopic (exact) mass is 531 g/mol. The Morgan fingerprint density at radius 2 is 1.68 bits per heavy atom. The third-order valence-electron chi connectivity index (χ3n) is 6.09. The smallest absolute Gasteiger partial charge is 0.261 e. The highest BCUT2D eigenvalue weighted by Crippen LogP contribution is 2.36. The second kappa shape index (κ2) is 9.94. The van der Waals surface area contributed by atoms with Gasteiger partial charge in [0.1, 0.15) is 17.1 Å². The van der Waals surface area contributed by atoms with Crippen molar-refractivity contribution in [1.29, 1.82) is 0 Å². The van der Waals surface area contributed by atoms with Crippen LogP contribution in [0.25, 0.3) is 21.5 Å². The molecule has 0 aliphatic carbocycles. The van der Waals surface area contributed by atoms with Crippen molar-refractivity contribution in [1.82, 2.24) is 20.6 Å². The number of aromatic amines is 1. The number of nitrogens with zero attached hydrogens (tertiary/aromatic N) is 3. The molecule has 5 aromatic rings. The number of phenols is 1. The van der Waals surface area contributed by atoms with E-state index in [2.05, 4.69) is 25.3 Å². The molecular weight excluding hydrogens is 502 g/mol. The molecule has 38 heavy (non-hydrogen) atoms. The van der Waals surface area contributed by atoms with Gasteiger partial charge in [-0.15, -0.1) is 10.2 Å². The number of aromatic nitrogens is 4. The maximum Gasteiger partial charge on any atom is 0.261 e. The van der Waals surface area contributed by atoms with Gasteiger partial charge in [-0.1, -0.05) is 41.6 Å². The van der Waals surface area contributed by atoms with Gasteiger partial charge in [-0.25, -0.2) is 8.42 Å². The number of aromatic hydroxyl groups is 1. The quantitative estimate of drug-likeness (QED) is 0.230. The average Bonchev–Trinajstić information content (AvgIpc) is 3.39. The maximum atomic E-state index is 13.5. The van der Waals surface area contributed by atoms with Crippen LogP contribution in [0.5, 0.6) is 11.5 Å². The van der Waals surface area contributed by atoms with Crippen molar-refractivity contribution in [2.45, 2.75) is 50.5 Å². The van der Waals surface area contributed by atoms with Gasteiger partial charge in [-0.2, -0.15) is 5.21 Å². The summed E-state index contributed by atoms with van der Waals surface area (Å²) in [4.78, 5) is 0.144. The van der Waals surface area contributed by atoms with Crippen LogP contribution in [0.15, 0.2) is 71.6 Å². The van der Waals surface area contributed by atoms with Crippen LogP contribution in [-0.2, 0) is 22.9 Å². The minimum absolute atomic E-state index is 0.135. The number of phenolic OH excluding ortho intramolecular Hbond substituents is 1. The van der Waals surface area contributed by atoms with Crippen molar-refractivity contribution >= 4 is 37.3 Å². The Labute approximate surface area is 220 Å². The molecule has 4 aromatic carbocycles. The highest BCUT2D eigenvalue weighted by atomic mass is 32.2. The van der Waals surface area contributed by atoms with Crippen LogP contribution < -0.4 is 9.46 Å². The van der Waals surface area contributed by atoms with Gasteiger partial charge in [0.15, 0.2) is 5.82 Å². The number of benzene rings is 4. The zero-order valence-corrected chi connectivity index (χ0v) is 22.2. The second-order valence-corrected chi connectivity index (χ2v) is 11.8. The first kappa shape index (κ1) is 25.5. The lowest BCUT2D eigenvalue weighted by atomic mass is 10.00. The van der Waals surface area contributed by atoms with E-state index in [-0.39, 0.29) is 16.2 Å². The molecule has 0 unspecified atom stereocenters. The van der Waals surface area contributed by atoms with Crippen LogP contribution in [-0.4, -0.2) is 39.7 Å². The molecular formula is C28H29N5O4S. The molecule has 0 aliphatic heterocycles. The average molecular weight is 532 g/mol. The zero-order chi connectivity index (χ0) is 26.9. The van der Waals surface area contributed by atoms with Gasteiger partial charge in [0.05, 0.1) is 10.6 Å². The summed E-state index contributed by atoms with van der Waals surface area (Å²) in [7, 11) is -3.92. The van der Waals surface area contributed by atoms with Crippen LogP contribution in [0.4, 0.5) is 5.69 Å². The lowest BCUT2D eigenvalue weighted by molar-refractivity contribution is 0.131. The molecule has 1 heterocycles. The SMILES string of the molecule is CC(C)(C)Oc1ccc2cc(S(=O)(=O)Nc3cc(CCCc4nn[nH]n4)c(O)c4ccccc34)ccc2c1. The van der Waals surface area contributed by atoms with Crippen LogP contribution in [0, 0.1) is 0 Å². The predicted molar refractivity (Wildman–Crippen MR) is 147 cm³/mol. The Balaban J connectivity index is 1.45. The minimum Gasteiger partial charge on any atom is -0.507 e. The summed E-state index contributed by atoms with van der Waals surface area (Å²) in [5, 5.41) is 27.7. The van der Waals surface area contributed by atoms with Crippen molar-refractivity contribution in [3.63, 3.8) is 0 Å². The summed E-state index contributed by atoms with van der Waals surface area (Å²) < 4.78 is 35.7. The molecule has 10 heteroatoms. The van der Waals surface area contributed by atoms with E-state index in [1.807, 2.05) is 51.1 Å². The lowest BCUT2D eigenvalue weighted by Crippen LogP contribution is -2.22. The number of nitrogens with one attached hydrogen (secondary N) is 2. The van der Waals surface area contributed by atoms with Crippen molar-refractivity contribution in [2.75, 3.05) is 4.72 Å². The number of hydrogen-bond acceptors (Lipinski definition) is 7. The third-order valence-corrected chi connectivity index (χ3v) is 7.46. The van der Waals surface area contributed by atoms with Gasteiger partial charge in [0.2, 0.25) is 0 Å². The molecule has 0 saturated carbocycles. The molecule has 5 rings (SSSR count). The zero-order valence-electron chi connectivity index (χ0n) is 21.4. The van der Waals surface area contributed by atoms with Gasteiger partial charge in [0.25, 0.3) is 10.0 Å². The second-order valence-electron chi connectivity index (χ2n) is 10.1. The van der Waals surface area contributed by atoms with E-state index in [4.69, 9.17) is 4.74 Å². The number of sulfonamides is 1. The fraction of sp³-hybridized carbons (Fsp3) is 0.250. The van der Waals surface area contributed by atoms with Crippen molar-refractivity contribution in [2.24, 2.45) is 0 Å². The molecule has 9 nitrogen and oxygen atoms in total. The van der Waals surface area contributed by atoms with Crippen LogP contribution >= 0.6 is 0 Å². The van der Waals surface area contributed by atoms with E-state index < -0.39 is 10.0 Å². The Hall–Kier alpha value is -4.18. The lowest BCUT2D eigenvalue weighted by Gasteiger charge is -2.21. The van der Waals surface area contributed by atoms with E-state index in [9.17, 15) is 13.5 Å². The third kappa shape index (κ3) is 5.55. The minimum atomic E-state index is -3.92. The van der Waals surface area contributed by atoms with Gasteiger partial charge >= 0.3 is 0 Å². The van der Waals surface area contributed by atoms with Crippen molar-refractivity contribution in [3.05, 3.63) is 78.1 Å². The Morgan fingerprint density at radius 1 is 0.947 bits per heavy atom. The Bertz CT molecular complexity index is 1710. The molecule has 1 aromatic heterocycles. The summed E-state index contributed by atoms with van der Waals surface area (Å²) in [6.45, 7) is 5.93. The van der Waals surface area contributed by atoms with Gasteiger partial charge in [0, 0.05) is 17.2 Å². The van der Waals surface area contributed by atoms with Crippen molar-refractivity contribution < 1.29 is 18.3 Å². The summed E-state index contributed by atoms with van der Waals surface area (Å²) in [6, 6.07) is 19.5. The predicted octanol–water partition coefficient (Wildman–Crippen LogP) is 5.37. The van der Waals surface area contributed by atoms with E-state index in [1.165, 1.54) is 0 Å². The molecule has 0 bridgehead atoms. The first-order chi connectivity index (χ1) is 18.1. The van der Waals surface area contributed by atoms with Gasteiger partial charge < -0.3 is 9.84 Å². The first-order valence-corrected chi connectivity index (χ1v) is 13.8. The number of anilines is 1. The molecule has 0 aliphatic rings. The topological polar surface area (TPSA) is 130 Å². The van der Waals surface area contributed by atoms with Gasteiger partial charge in [-0.05, 0) is 80.3 Å². The van der Waals surface area contributed by atoms with Crippen LogP contribution in [0.1, 0.15) is 38.6 Å². The van der Waals surface area contributed by atoms with Crippen molar-refractivity contribution in [3.8, 4) is 11.5 Å². The number of rotatable bonds is 8. The molecule has 196 valence electrons. The summed E-state index contributed by atoms with van der Waals surface area (Å²) in [5.41, 5.74) is 0.705. The Kier molecular flexibility index (Phi) is 6.66. The van der Waals surface area contributed by atoms with E-state index >= 15 is 0 Å². The number of hydrogen-bond donors (Lipinski definition) is 3. The van der Waals surface area contributed by atoms with Gasteiger partial charge in [-0.3, -0.25) is 4.72 Å². The first-order valence-electron chi connectivity index (χ1n) is 12.3. The molecule has 0 amide bonds. The molecule has 3 N–H and O–H groups in total. The fourth-order valence-electron chi connectivity index (χ4n) is 4.41.